The molecule has 10 heteroatoms. The summed E-state index contributed by atoms with van der Waals surface area (Å²) in [5.74, 6) is -4.97. The number of hydrogen-bond donors (Lipinski definition) is 7. The predicted molar refractivity (Wildman–Crippen MR) is 96.6 cm³/mol. The number of hydrogen-bond acceptors (Lipinski definition) is 9. The van der Waals surface area contributed by atoms with Crippen LogP contribution in [0.2, 0.25) is 0 Å². The van der Waals surface area contributed by atoms with E-state index in [4.69, 9.17) is 19.4 Å². The quantitative estimate of drug-likeness (QED) is 0.368. The highest BCUT2D eigenvalue weighted by Crippen LogP contribution is 2.52. The molecule has 0 aliphatic rings. The highest BCUT2D eigenvalue weighted by molar-refractivity contribution is 5.86. The molecule has 0 bridgehead atoms. The van der Waals surface area contributed by atoms with Crippen molar-refractivity contribution in [1.82, 2.24) is 0 Å². The number of phenolic OH excluding ortho intramolecular Hbond substituents is 6. The molecule has 0 heterocycles. The average molecular weight is 398 g/mol. The van der Waals surface area contributed by atoms with Crippen molar-refractivity contribution in [3.8, 4) is 45.6 Å². The highest BCUT2D eigenvalue weighted by Gasteiger charge is 2.26. The van der Waals surface area contributed by atoms with Gasteiger partial charge in [-0.05, 0) is 23.3 Å². The molecule has 7 N–H and O–H groups in total. The Morgan fingerprint density at radius 1 is 0.750 bits per heavy atom. The van der Waals surface area contributed by atoms with Crippen LogP contribution in [-0.4, -0.2) is 55.9 Å². The van der Waals surface area contributed by atoms with Gasteiger partial charge in [0.25, 0.3) is 5.97 Å². The Bertz CT molecular complexity index is 791. The van der Waals surface area contributed by atoms with Gasteiger partial charge in [-0.25, -0.2) is 0 Å². The minimum absolute atomic E-state index is 0.0630. The maximum Gasteiger partial charge on any atom is 0.300 e. The first-order valence-electron chi connectivity index (χ1n) is 7.78. The van der Waals surface area contributed by atoms with E-state index in [1.807, 2.05) is 0 Å². The van der Waals surface area contributed by atoms with E-state index in [0.29, 0.717) is 0 Å². The van der Waals surface area contributed by atoms with Crippen molar-refractivity contribution in [2.24, 2.45) is 0 Å². The maximum absolute atomic E-state index is 10.3. The molecular formula is C18H22O10. The zero-order valence-electron chi connectivity index (χ0n) is 15.4. The first-order valence-corrected chi connectivity index (χ1v) is 7.78. The van der Waals surface area contributed by atoms with Crippen LogP contribution in [0.3, 0.4) is 0 Å². The molecule has 0 saturated carbocycles. The summed E-state index contributed by atoms with van der Waals surface area (Å²) in [6, 6.07) is 2.32. The molecule has 154 valence electrons. The molecule has 0 amide bonds. The van der Waals surface area contributed by atoms with E-state index in [-0.39, 0.29) is 35.5 Å². The number of methoxy groups -OCH3 is 2. The third-order valence-corrected chi connectivity index (χ3v) is 3.52. The van der Waals surface area contributed by atoms with Gasteiger partial charge in [-0.1, -0.05) is 0 Å². The minimum atomic E-state index is -0.833. The van der Waals surface area contributed by atoms with Crippen LogP contribution in [0, 0.1) is 0 Å². The van der Waals surface area contributed by atoms with Crippen molar-refractivity contribution in [3.63, 3.8) is 0 Å². The van der Waals surface area contributed by atoms with Crippen LogP contribution < -0.4 is 0 Å². The van der Waals surface area contributed by atoms with E-state index in [0.717, 1.165) is 19.1 Å². The lowest BCUT2D eigenvalue weighted by Crippen LogP contribution is -1.99. The number of aliphatic carboxylic acids is 1. The van der Waals surface area contributed by atoms with E-state index in [2.05, 4.69) is 0 Å². The van der Waals surface area contributed by atoms with Gasteiger partial charge in [0.05, 0.1) is 13.2 Å². The van der Waals surface area contributed by atoms with Crippen molar-refractivity contribution in [1.29, 1.82) is 0 Å². The third-order valence-electron chi connectivity index (χ3n) is 3.52. The van der Waals surface area contributed by atoms with Crippen LogP contribution in [0.25, 0.3) is 11.1 Å². The predicted octanol–water partition coefficient (Wildman–Crippen LogP) is 1.97. The van der Waals surface area contributed by atoms with E-state index in [9.17, 15) is 30.6 Å². The van der Waals surface area contributed by atoms with Crippen molar-refractivity contribution >= 4 is 5.97 Å². The number of benzene rings is 2. The number of aromatic hydroxyl groups is 6. The summed E-state index contributed by atoms with van der Waals surface area (Å²) < 4.78 is 10.0. The van der Waals surface area contributed by atoms with Gasteiger partial charge in [-0.2, -0.15) is 0 Å². The summed E-state index contributed by atoms with van der Waals surface area (Å²) in [6.45, 7) is 0.953. The summed E-state index contributed by atoms with van der Waals surface area (Å²) in [6.07, 6.45) is 0. The topological polar surface area (TPSA) is 177 Å². The molecule has 0 aliphatic heterocycles. The van der Waals surface area contributed by atoms with Gasteiger partial charge in [-0.3, -0.25) is 4.79 Å². The molecule has 0 unspecified atom stereocenters. The van der Waals surface area contributed by atoms with Crippen LogP contribution >= 0.6 is 0 Å². The fourth-order valence-corrected chi connectivity index (χ4v) is 2.49. The van der Waals surface area contributed by atoms with Crippen molar-refractivity contribution in [2.45, 2.75) is 20.1 Å². The Kier molecular flexibility index (Phi) is 7.72. The van der Waals surface area contributed by atoms with Gasteiger partial charge < -0.3 is 45.2 Å². The van der Waals surface area contributed by atoms with E-state index < -0.39 is 40.5 Å². The molecule has 2 aromatic carbocycles. The molecule has 2 aromatic rings. The molecule has 2 rings (SSSR count). The van der Waals surface area contributed by atoms with E-state index in [1.165, 1.54) is 14.2 Å². The molecule has 10 nitrogen and oxygen atoms in total. The maximum atomic E-state index is 10.3. The second-order valence-corrected chi connectivity index (χ2v) is 5.64. The Balaban J connectivity index is 0.000000892. The number of phenols is 6. The molecular weight excluding hydrogens is 376 g/mol. The normalized spacial score (nSPS) is 10.2. The second-order valence-electron chi connectivity index (χ2n) is 5.64. The van der Waals surface area contributed by atoms with Crippen molar-refractivity contribution in [3.05, 3.63) is 23.3 Å². The highest BCUT2D eigenvalue weighted by atomic mass is 16.5. The summed E-state index contributed by atoms with van der Waals surface area (Å²) in [5.41, 5.74) is 0.352. The molecule has 0 aromatic heterocycles. The largest absolute Gasteiger partial charge is 0.504 e. The smallest absolute Gasteiger partial charge is 0.300 e. The Morgan fingerprint density at radius 3 is 1.29 bits per heavy atom. The molecule has 0 radical (unpaired) electrons. The first-order chi connectivity index (χ1) is 13.1. The van der Waals surface area contributed by atoms with Crippen LogP contribution in [0.5, 0.6) is 34.5 Å². The second kappa shape index (κ2) is 9.53. The molecule has 28 heavy (non-hydrogen) atoms. The summed E-state index contributed by atoms with van der Waals surface area (Å²) in [7, 11) is 2.77. The zero-order valence-corrected chi connectivity index (χ0v) is 15.4. The van der Waals surface area contributed by atoms with Crippen LogP contribution in [0.1, 0.15) is 18.1 Å². The lowest BCUT2D eigenvalue weighted by molar-refractivity contribution is -0.134. The summed E-state index contributed by atoms with van der Waals surface area (Å²) in [4.78, 5) is 9.00. The van der Waals surface area contributed by atoms with Gasteiger partial charge in [0, 0.05) is 32.3 Å². The minimum Gasteiger partial charge on any atom is -0.504 e. The van der Waals surface area contributed by atoms with Crippen LogP contribution in [-0.2, 0) is 27.5 Å². The van der Waals surface area contributed by atoms with Crippen LogP contribution in [0.4, 0.5) is 0 Å². The Morgan fingerprint density at radius 2 is 1.04 bits per heavy atom. The number of ether oxygens (including phenoxy) is 2. The van der Waals surface area contributed by atoms with Crippen molar-refractivity contribution < 1.29 is 50.0 Å². The first kappa shape index (κ1) is 22.7. The van der Waals surface area contributed by atoms with Crippen LogP contribution in [0.15, 0.2) is 12.1 Å². The van der Waals surface area contributed by atoms with Gasteiger partial charge in [0.1, 0.15) is 0 Å². The molecule has 0 aliphatic carbocycles. The number of rotatable bonds is 5. The van der Waals surface area contributed by atoms with Gasteiger partial charge in [0.15, 0.2) is 23.0 Å². The lowest BCUT2D eigenvalue weighted by atomic mass is 9.92. The molecule has 0 spiro atoms. The average Bonchev–Trinajstić information content (AvgIpc) is 2.60. The van der Waals surface area contributed by atoms with Gasteiger partial charge in [-0.15, -0.1) is 0 Å². The van der Waals surface area contributed by atoms with E-state index >= 15 is 0 Å². The Labute approximate surface area is 160 Å². The van der Waals surface area contributed by atoms with E-state index in [1.54, 1.807) is 0 Å². The Hall–Kier alpha value is -3.37. The van der Waals surface area contributed by atoms with Gasteiger partial charge in [0.2, 0.25) is 11.5 Å². The number of carboxylic acids is 1. The molecule has 0 saturated heterocycles. The molecule has 0 fully saturated rings. The summed E-state index contributed by atoms with van der Waals surface area (Å²) in [5, 5.41) is 66.9. The number of carbonyl (C=O) groups is 1. The standard InChI is InChI=1S/C16H18O8.C2H4O2/c1-23-5-7-3-9(17)13(19)15(21)11(7)12-8(6-24-2)4-10(18)14(20)16(12)22;1-2(3)4/h3-4,17-22H,5-6H2,1-2H3;1H3,(H,3,4). The van der Waals surface area contributed by atoms with Gasteiger partial charge >= 0.3 is 0 Å². The fraction of sp³-hybridized carbons (Fsp3) is 0.278. The SMILES string of the molecule is CC(=O)O.COCc1cc(O)c(O)c(O)c1-c1c(COC)cc(O)c(O)c1O. The zero-order chi connectivity index (χ0) is 21.6. The monoisotopic (exact) mass is 398 g/mol. The number of carboxylic acid groups (broad SMARTS) is 1. The van der Waals surface area contributed by atoms with Crippen molar-refractivity contribution in [2.75, 3.05) is 14.2 Å². The third kappa shape index (κ3) is 4.87. The fourth-order valence-electron chi connectivity index (χ4n) is 2.49. The lowest BCUT2D eigenvalue weighted by Gasteiger charge is -2.19. The molecule has 0 atom stereocenters. The summed E-state index contributed by atoms with van der Waals surface area (Å²) >= 11 is 0.